The van der Waals surface area contributed by atoms with Crippen molar-refractivity contribution in [2.24, 2.45) is 4.99 Å². The summed E-state index contributed by atoms with van der Waals surface area (Å²) in [5, 5.41) is 30.5. The van der Waals surface area contributed by atoms with Crippen LogP contribution in [0.4, 0.5) is 5.69 Å². The van der Waals surface area contributed by atoms with Gasteiger partial charge < -0.3 is 25.2 Å². The molecule has 1 fully saturated rings. The summed E-state index contributed by atoms with van der Waals surface area (Å²) >= 11 is 0. The highest BCUT2D eigenvalue weighted by atomic mass is 16.4. The Bertz CT molecular complexity index is 1450. The van der Waals surface area contributed by atoms with Crippen molar-refractivity contribution >= 4 is 34.2 Å². The maximum Gasteiger partial charge on any atom is 0.335 e. The van der Waals surface area contributed by atoms with Gasteiger partial charge in [-0.1, -0.05) is 36.4 Å². The maximum atomic E-state index is 12.8. The number of piperidine rings is 1. The highest BCUT2D eigenvalue weighted by molar-refractivity contribution is 6.22. The number of aliphatic hydroxyl groups excluding tert-OH is 1. The Kier molecular flexibility index (Phi) is 6.26. The zero-order valence-electron chi connectivity index (χ0n) is 19.4. The minimum atomic E-state index is -1.06. The van der Waals surface area contributed by atoms with Gasteiger partial charge in [-0.25, -0.2) is 9.79 Å². The lowest BCUT2D eigenvalue weighted by Crippen LogP contribution is -2.40. The van der Waals surface area contributed by atoms with Crippen LogP contribution < -0.4 is 0 Å². The lowest BCUT2D eigenvalue weighted by Gasteiger charge is -2.29. The molecular weight excluding hydrogens is 458 g/mol. The first-order valence-electron chi connectivity index (χ1n) is 11.7. The Labute approximate surface area is 207 Å². The second kappa shape index (κ2) is 9.67. The number of rotatable bonds is 5. The first-order valence-corrected chi connectivity index (χ1v) is 11.7. The normalized spacial score (nSPS) is 14.8. The van der Waals surface area contributed by atoms with Crippen LogP contribution in [0.15, 0.2) is 77.8 Å². The van der Waals surface area contributed by atoms with E-state index in [0.29, 0.717) is 59.4 Å². The van der Waals surface area contributed by atoms with Gasteiger partial charge >= 0.3 is 5.97 Å². The number of aliphatic hydroxyl groups is 1. The number of amides is 1. The molecule has 4 aromatic rings. The molecule has 1 amide bonds. The molecule has 36 heavy (non-hydrogen) atoms. The average Bonchev–Trinajstić information content (AvgIpc) is 3.23. The predicted octanol–water partition coefficient (Wildman–Crippen LogP) is 4.34. The standard InChI is InChI=1S/C28H25N3O5/c32-21-12-14-31(15-13-21)27(34)18-6-9-20(10-7-18)29-25(17-4-2-1-3-5-17)24-22-11-8-19(28(35)36)16-23(22)30-26(24)33/h1-11,16,21,30,32-33H,12-15H2,(H,35,36). The summed E-state index contributed by atoms with van der Waals surface area (Å²) in [6, 6.07) is 21.0. The second-order valence-corrected chi connectivity index (χ2v) is 8.81. The highest BCUT2D eigenvalue weighted by Gasteiger charge is 2.23. The van der Waals surface area contributed by atoms with Gasteiger partial charge in [-0.15, -0.1) is 0 Å². The number of carbonyl (C=O) groups is 2. The number of H-pyrrole nitrogens is 1. The van der Waals surface area contributed by atoms with Crippen molar-refractivity contribution in [2.75, 3.05) is 13.1 Å². The number of aliphatic imine (C=N–C) groups is 1. The Morgan fingerprint density at radius 2 is 1.56 bits per heavy atom. The monoisotopic (exact) mass is 483 g/mol. The SMILES string of the molecule is O=C(O)c1ccc2c(C(=Nc3ccc(C(=O)N4CCC(O)CC4)cc3)c3ccccc3)c(O)[nH]c2c1. The van der Waals surface area contributed by atoms with Gasteiger partial charge in [-0.2, -0.15) is 0 Å². The Morgan fingerprint density at radius 1 is 0.889 bits per heavy atom. The summed E-state index contributed by atoms with van der Waals surface area (Å²) in [7, 11) is 0. The van der Waals surface area contributed by atoms with Crippen LogP contribution >= 0.6 is 0 Å². The fraction of sp³-hybridized carbons (Fsp3) is 0.179. The van der Waals surface area contributed by atoms with Crippen LogP contribution in [-0.4, -0.2) is 62.0 Å². The fourth-order valence-electron chi connectivity index (χ4n) is 4.48. The number of carboxylic acids is 1. The summed E-state index contributed by atoms with van der Waals surface area (Å²) in [5.41, 5.74) is 3.46. The molecule has 0 spiro atoms. The summed E-state index contributed by atoms with van der Waals surface area (Å²) in [6.45, 7) is 1.06. The molecule has 0 saturated carbocycles. The number of fused-ring (bicyclic) bond motifs is 1. The number of aromatic nitrogens is 1. The quantitative estimate of drug-likeness (QED) is 0.314. The van der Waals surface area contributed by atoms with Crippen LogP contribution in [0.2, 0.25) is 0 Å². The maximum absolute atomic E-state index is 12.8. The number of aromatic hydroxyl groups is 1. The molecule has 0 radical (unpaired) electrons. The third kappa shape index (κ3) is 4.58. The number of nitrogens with zero attached hydrogens (tertiary/aromatic N) is 2. The largest absolute Gasteiger partial charge is 0.494 e. The smallest absolute Gasteiger partial charge is 0.335 e. The molecule has 1 saturated heterocycles. The number of nitrogens with one attached hydrogen (secondary N) is 1. The number of aromatic amines is 1. The van der Waals surface area contributed by atoms with Gasteiger partial charge in [0.2, 0.25) is 0 Å². The van der Waals surface area contributed by atoms with E-state index in [9.17, 15) is 24.9 Å². The summed E-state index contributed by atoms with van der Waals surface area (Å²) in [4.78, 5) is 33.7. The molecule has 5 rings (SSSR count). The zero-order valence-corrected chi connectivity index (χ0v) is 19.4. The summed E-state index contributed by atoms with van der Waals surface area (Å²) in [5.74, 6) is -1.25. The van der Waals surface area contributed by atoms with Crippen molar-refractivity contribution in [2.45, 2.75) is 18.9 Å². The van der Waals surface area contributed by atoms with Crippen LogP contribution in [-0.2, 0) is 0 Å². The van der Waals surface area contributed by atoms with Crippen LogP contribution in [0, 0.1) is 0 Å². The van der Waals surface area contributed by atoms with Gasteiger partial charge in [0.05, 0.1) is 28.6 Å². The number of hydrogen-bond donors (Lipinski definition) is 4. The molecule has 0 unspecified atom stereocenters. The Hall–Kier alpha value is -4.43. The third-order valence-electron chi connectivity index (χ3n) is 6.42. The molecule has 1 aliphatic rings. The van der Waals surface area contributed by atoms with Gasteiger partial charge in [-0.05, 0) is 49.2 Å². The van der Waals surface area contributed by atoms with E-state index >= 15 is 0 Å². The first-order chi connectivity index (χ1) is 17.4. The molecule has 182 valence electrons. The minimum absolute atomic E-state index is 0.0794. The van der Waals surface area contributed by atoms with Crippen molar-refractivity contribution in [3.63, 3.8) is 0 Å². The molecule has 2 heterocycles. The lowest BCUT2D eigenvalue weighted by molar-refractivity contribution is 0.0546. The Balaban J connectivity index is 1.53. The average molecular weight is 484 g/mol. The van der Waals surface area contributed by atoms with E-state index < -0.39 is 5.97 Å². The van der Waals surface area contributed by atoms with E-state index in [-0.39, 0.29) is 23.5 Å². The molecule has 1 aromatic heterocycles. The minimum Gasteiger partial charge on any atom is -0.494 e. The van der Waals surface area contributed by atoms with Crippen molar-refractivity contribution in [3.8, 4) is 5.88 Å². The molecule has 8 nitrogen and oxygen atoms in total. The number of carbonyl (C=O) groups excluding carboxylic acids is 1. The van der Waals surface area contributed by atoms with Crippen molar-refractivity contribution in [3.05, 3.63) is 95.1 Å². The van der Waals surface area contributed by atoms with E-state index in [1.807, 2.05) is 30.3 Å². The van der Waals surface area contributed by atoms with Crippen LogP contribution in [0.5, 0.6) is 5.88 Å². The predicted molar refractivity (Wildman–Crippen MR) is 136 cm³/mol. The van der Waals surface area contributed by atoms with E-state index in [4.69, 9.17) is 4.99 Å². The van der Waals surface area contributed by atoms with E-state index in [1.165, 1.54) is 12.1 Å². The number of benzene rings is 3. The molecule has 0 atom stereocenters. The topological polar surface area (TPSA) is 126 Å². The number of carboxylic acid groups (broad SMARTS) is 1. The molecule has 0 aliphatic carbocycles. The molecular formula is C28H25N3O5. The molecule has 3 aromatic carbocycles. The van der Waals surface area contributed by atoms with Gasteiger partial charge in [0.25, 0.3) is 5.91 Å². The summed E-state index contributed by atoms with van der Waals surface area (Å²) < 4.78 is 0. The van der Waals surface area contributed by atoms with Gasteiger partial charge in [0.1, 0.15) is 0 Å². The zero-order chi connectivity index (χ0) is 25.2. The summed E-state index contributed by atoms with van der Waals surface area (Å²) in [6.07, 6.45) is 0.812. The molecule has 8 heteroatoms. The van der Waals surface area contributed by atoms with Crippen molar-refractivity contribution in [1.29, 1.82) is 0 Å². The molecule has 1 aliphatic heterocycles. The van der Waals surface area contributed by atoms with E-state index in [1.54, 1.807) is 35.2 Å². The van der Waals surface area contributed by atoms with Gasteiger partial charge in [0, 0.05) is 35.1 Å². The van der Waals surface area contributed by atoms with Gasteiger partial charge in [0.15, 0.2) is 5.88 Å². The van der Waals surface area contributed by atoms with Crippen LogP contribution in [0.1, 0.15) is 44.7 Å². The van der Waals surface area contributed by atoms with E-state index in [0.717, 1.165) is 5.56 Å². The third-order valence-corrected chi connectivity index (χ3v) is 6.42. The fourth-order valence-corrected chi connectivity index (χ4v) is 4.48. The van der Waals surface area contributed by atoms with Crippen molar-refractivity contribution in [1.82, 2.24) is 9.88 Å². The number of aromatic carboxylic acids is 1. The van der Waals surface area contributed by atoms with Gasteiger partial charge in [-0.3, -0.25) is 4.79 Å². The highest BCUT2D eigenvalue weighted by Crippen LogP contribution is 2.32. The van der Waals surface area contributed by atoms with E-state index in [2.05, 4.69) is 4.98 Å². The van der Waals surface area contributed by atoms with Crippen LogP contribution in [0.3, 0.4) is 0 Å². The van der Waals surface area contributed by atoms with Crippen molar-refractivity contribution < 1.29 is 24.9 Å². The first kappa shape index (κ1) is 23.3. The lowest BCUT2D eigenvalue weighted by atomic mass is 10.00. The number of hydrogen-bond acceptors (Lipinski definition) is 5. The van der Waals surface area contributed by atoms with Crippen LogP contribution in [0.25, 0.3) is 10.9 Å². The number of likely N-dealkylation sites (tertiary alicyclic amines) is 1. The Morgan fingerprint density at radius 3 is 2.22 bits per heavy atom. The molecule has 0 bridgehead atoms. The second-order valence-electron chi connectivity index (χ2n) is 8.81. The molecule has 4 N–H and O–H groups in total.